The predicted molar refractivity (Wildman–Crippen MR) is 53.9 cm³/mol. The second kappa shape index (κ2) is 4.13. The van der Waals surface area contributed by atoms with Crippen LogP contribution in [0.25, 0.3) is 0 Å². The minimum absolute atomic E-state index is 0.281. The maximum Gasteiger partial charge on any atom is 0.157 e. The largest absolute Gasteiger partial charge is 0.383 e. The number of nitrogens with zero attached hydrogens (tertiary/aromatic N) is 1. The Morgan fingerprint density at radius 3 is 3.07 bits per heavy atom. The fraction of sp³-hybridized carbons (Fsp3) is 0.727. The highest BCUT2D eigenvalue weighted by Gasteiger charge is 2.28. The Morgan fingerprint density at radius 2 is 2.43 bits per heavy atom. The molecular weight excluding hydrogens is 178 g/mol. The molecule has 0 N–H and O–H groups in total. The van der Waals surface area contributed by atoms with Crippen LogP contribution < -0.4 is 0 Å². The maximum absolute atomic E-state index is 11.1. The van der Waals surface area contributed by atoms with E-state index in [0.717, 1.165) is 19.6 Å². The summed E-state index contributed by atoms with van der Waals surface area (Å²) in [7, 11) is 1.74. The van der Waals surface area contributed by atoms with E-state index in [1.165, 1.54) is 18.5 Å². The molecule has 1 fully saturated rings. The van der Waals surface area contributed by atoms with Crippen LogP contribution in [-0.4, -0.2) is 37.0 Å². The second-order valence-electron chi connectivity index (χ2n) is 4.05. The van der Waals surface area contributed by atoms with E-state index in [4.69, 9.17) is 4.74 Å². The van der Waals surface area contributed by atoms with Crippen molar-refractivity contribution in [2.75, 3.05) is 20.3 Å². The third-order valence-electron chi connectivity index (χ3n) is 3.06. The number of carbonyl (C=O) groups excluding carboxylic acids is 1. The van der Waals surface area contributed by atoms with Gasteiger partial charge < -0.3 is 9.64 Å². The van der Waals surface area contributed by atoms with E-state index < -0.39 is 0 Å². The van der Waals surface area contributed by atoms with Crippen molar-refractivity contribution in [3.05, 3.63) is 11.8 Å². The molecule has 14 heavy (non-hydrogen) atoms. The molecule has 1 atom stereocenters. The number of rotatable bonds is 3. The van der Waals surface area contributed by atoms with Crippen LogP contribution in [-0.2, 0) is 9.53 Å². The number of ether oxygens (including phenoxy) is 1. The summed E-state index contributed by atoms with van der Waals surface area (Å²) >= 11 is 0. The Bertz CT molecular complexity index is 260. The SMILES string of the molecule is COCC1CCCN1C1=CC(=O)CC1. The summed E-state index contributed by atoms with van der Waals surface area (Å²) in [6, 6.07) is 0.497. The predicted octanol–water partition coefficient (Wildman–Crippen LogP) is 1.34. The van der Waals surface area contributed by atoms with Crippen molar-refractivity contribution in [3.8, 4) is 0 Å². The zero-order valence-corrected chi connectivity index (χ0v) is 8.66. The molecule has 0 aromatic rings. The van der Waals surface area contributed by atoms with Crippen LogP contribution in [0.15, 0.2) is 11.8 Å². The number of likely N-dealkylation sites (tertiary alicyclic amines) is 1. The first-order valence-corrected chi connectivity index (χ1v) is 5.30. The van der Waals surface area contributed by atoms with Crippen LogP contribution in [0.1, 0.15) is 25.7 Å². The molecule has 0 radical (unpaired) electrons. The van der Waals surface area contributed by atoms with Gasteiger partial charge in [0.05, 0.1) is 12.6 Å². The van der Waals surface area contributed by atoms with Crippen LogP contribution in [0.3, 0.4) is 0 Å². The molecule has 1 unspecified atom stereocenters. The van der Waals surface area contributed by atoms with Gasteiger partial charge in [-0.1, -0.05) is 0 Å². The van der Waals surface area contributed by atoms with Gasteiger partial charge in [0.15, 0.2) is 5.78 Å². The highest BCUT2D eigenvalue weighted by Crippen LogP contribution is 2.28. The molecule has 0 aromatic heterocycles. The molecule has 0 saturated carbocycles. The van der Waals surface area contributed by atoms with Gasteiger partial charge in [-0.3, -0.25) is 4.79 Å². The minimum Gasteiger partial charge on any atom is -0.383 e. The Balaban J connectivity index is 2.02. The van der Waals surface area contributed by atoms with Gasteiger partial charge in [0.2, 0.25) is 0 Å². The van der Waals surface area contributed by atoms with E-state index in [1.807, 2.05) is 6.08 Å². The molecule has 2 aliphatic rings. The fourth-order valence-electron chi connectivity index (χ4n) is 2.39. The summed E-state index contributed by atoms with van der Waals surface area (Å²) in [4.78, 5) is 13.5. The molecule has 0 bridgehead atoms. The second-order valence-corrected chi connectivity index (χ2v) is 4.05. The number of ketones is 1. The average molecular weight is 195 g/mol. The smallest absolute Gasteiger partial charge is 0.157 e. The van der Waals surface area contributed by atoms with E-state index in [0.29, 0.717) is 12.5 Å². The molecule has 1 saturated heterocycles. The van der Waals surface area contributed by atoms with Crippen molar-refractivity contribution in [1.29, 1.82) is 0 Å². The van der Waals surface area contributed by atoms with Gasteiger partial charge in [-0.05, 0) is 19.3 Å². The highest BCUT2D eigenvalue weighted by atomic mass is 16.5. The molecule has 2 rings (SSSR count). The molecule has 3 nitrogen and oxygen atoms in total. The van der Waals surface area contributed by atoms with Crippen molar-refractivity contribution >= 4 is 5.78 Å². The van der Waals surface area contributed by atoms with Crippen LogP contribution in [0.5, 0.6) is 0 Å². The van der Waals surface area contributed by atoms with E-state index in [-0.39, 0.29) is 5.78 Å². The Labute approximate surface area is 84.7 Å². The summed E-state index contributed by atoms with van der Waals surface area (Å²) in [5.41, 5.74) is 1.23. The third kappa shape index (κ3) is 1.82. The van der Waals surface area contributed by atoms with Crippen molar-refractivity contribution in [1.82, 2.24) is 4.90 Å². The fourth-order valence-corrected chi connectivity index (χ4v) is 2.39. The molecule has 78 valence electrons. The van der Waals surface area contributed by atoms with Gasteiger partial charge in [0.25, 0.3) is 0 Å². The molecule has 0 aromatic carbocycles. The first-order chi connectivity index (χ1) is 6.81. The quantitative estimate of drug-likeness (QED) is 0.680. The Kier molecular flexibility index (Phi) is 2.87. The van der Waals surface area contributed by atoms with Crippen molar-refractivity contribution in [2.24, 2.45) is 0 Å². The lowest BCUT2D eigenvalue weighted by molar-refractivity contribution is -0.114. The summed E-state index contributed by atoms with van der Waals surface area (Å²) in [5.74, 6) is 0.281. The topological polar surface area (TPSA) is 29.5 Å². The number of hydrogen-bond acceptors (Lipinski definition) is 3. The number of allylic oxidation sites excluding steroid dienone is 2. The third-order valence-corrected chi connectivity index (χ3v) is 3.06. The van der Waals surface area contributed by atoms with Gasteiger partial charge in [-0.15, -0.1) is 0 Å². The molecule has 0 spiro atoms. The molecule has 1 aliphatic carbocycles. The van der Waals surface area contributed by atoms with Gasteiger partial charge in [0.1, 0.15) is 0 Å². The zero-order chi connectivity index (χ0) is 9.97. The van der Waals surface area contributed by atoms with Gasteiger partial charge in [0, 0.05) is 31.8 Å². The normalized spacial score (nSPS) is 27.2. The average Bonchev–Trinajstić information content (AvgIpc) is 2.74. The summed E-state index contributed by atoms with van der Waals surface area (Å²) in [6.07, 6.45) is 5.86. The van der Waals surface area contributed by atoms with E-state index >= 15 is 0 Å². The van der Waals surface area contributed by atoms with Crippen LogP contribution in [0.2, 0.25) is 0 Å². The van der Waals surface area contributed by atoms with E-state index in [9.17, 15) is 4.79 Å². The molecular formula is C11H17NO2. The number of carbonyl (C=O) groups is 1. The van der Waals surface area contributed by atoms with Crippen LogP contribution >= 0.6 is 0 Å². The van der Waals surface area contributed by atoms with Gasteiger partial charge in [-0.2, -0.15) is 0 Å². The summed E-state index contributed by atoms with van der Waals surface area (Å²) in [6.45, 7) is 1.87. The lowest BCUT2D eigenvalue weighted by Gasteiger charge is -2.27. The van der Waals surface area contributed by atoms with Crippen LogP contribution in [0.4, 0.5) is 0 Å². The Morgan fingerprint density at radius 1 is 1.57 bits per heavy atom. The van der Waals surface area contributed by atoms with Crippen molar-refractivity contribution in [3.63, 3.8) is 0 Å². The summed E-state index contributed by atoms with van der Waals surface area (Å²) in [5, 5.41) is 0. The highest BCUT2D eigenvalue weighted by molar-refractivity contribution is 5.92. The standard InChI is InChI=1S/C11H17NO2/c1-14-8-10-3-2-6-12(10)9-4-5-11(13)7-9/h7,10H,2-6,8H2,1H3. The van der Waals surface area contributed by atoms with Crippen molar-refractivity contribution < 1.29 is 9.53 Å². The first-order valence-electron chi connectivity index (χ1n) is 5.30. The van der Waals surface area contributed by atoms with Gasteiger partial charge in [-0.25, -0.2) is 0 Å². The monoisotopic (exact) mass is 195 g/mol. The molecule has 1 aliphatic heterocycles. The molecule has 0 amide bonds. The van der Waals surface area contributed by atoms with E-state index in [1.54, 1.807) is 7.11 Å². The molecule has 1 heterocycles. The Hall–Kier alpha value is -0.830. The zero-order valence-electron chi connectivity index (χ0n) is 8.66. The van der Waals surface area contributed by atoms with Crippen molar-refractivity contribution in [2.45, 2.75) is 31.7 Å². The number of hydrogen-bond donors (Lipinski definition) is 0. The lowest BCUT2D eigenvalue weighted by atomic mass is 10.2. The van der Waals surface area contributed by atoms with E-state index in [2.05, 4.69) is 4.90 Å². The van der Waals surface area contributed by atoms with Gasteiger partial charge >= 0.3 is 0 Å². The summed E-state index contributed by atoms with van der Waals surface area (Å²) < 4.78 is 5.19. The lowest BCUT2D eigenvalue weighted by Crippen LogP contribution is -2.31. The van der Waals surface area contributed by atoms with Crippen LogP contribution in [0, 0.1) is 0 Å². The molecule has 3 heteroatoms. The maximum atomic E-state index is 11.1. The minimum atomic E-state index is 0.281. The first kappa shape index (κ1) is 9.71. The number of methoxy groups -OCH3 is 1.